The summed E-state index contributed by atoms with van der Waals surface area (Å²) >= 11 is 0. The zero-order valence-corrected chi connectivity index (χ0v) is 11.7. The Kier molecular flexibility index (Phi) is 5.20. The van der Waals surface area contributed by atoms with E-state index in [0.717, 1.165) is 24.9 Å². The number of anilines is 1. The number of carbonyl (C=O) groups excluding carboxylic acids is 1. The number of benzene rings is 1. The van der Waals surface area contributed by atoms with E-state index in [1.807, 2.05) is 32.9 Å². The van der Waals surface area contributed by atoms with Gasteiger partial charge in [-0.3, -0.25) is 5.32 Å². The van der Waals surface area contributed by atoms with Gasteiger partial charge in [-0.25, -0.2) is 4.79 Å². The lowest BCUT2D eigenvalue weighted by Gasteiger charge is -2.19. The number of nitrogens with one attached hydrogen (secondary N) is 1. The Morgan fingerprint density at radius 3 is 2.72 bits per heavy atom. The van der Waals surface area contributed by atoms with Gasteiger partial charge >= 0.3 is 6.09 Å². The molecule has 1 aromatic rings. The number of amides is 1. The third kappa shape index (κ3) is 5.71. The molecular weight excluding hydrogens is 226 g/mol. The molecule has 0 unspecified atom stereocenters. The van der Waals surface area contributed by atoms with Crippen LogP contribution in [-0.4, -0.2) is 11.7 Å². The standard InChI is InChI=1S/C15H22NO2/c1-5-6-8-12-9-7-10-13(11-12)16-14(17)18-15(2,3)4/h9-11H,5-6,8H2,1-4H3,(H,16,17). The van der Waals surface area contributed by atoms with Gasteiger partial charge in [0.1, 0.15) is 5.60 Å². The Balaban J connectivity index is 2.59. The summed E-state index contributed by atoms with van der Waals surface area (Å²) in [5.74, 6) is 0. The maximum atomic E-state index is 11.6. The van der Waals surface area contributed by atoms with Crippen molar-refractivity contribution in [3.63, 3.8) is 0 Å². The van der Waals surface area contributed by atoms with Gasteiger partial charge in [0, 0.05) is 5.69 Å². The van der Waals surface area contributed by atoms with Crippen LogP contribution in [0.1, 0.15) is 46.1 Å². The fraction of sp³-hybridized carbons (Fsp3) is 0.533. The molecule has 1 aromatic carbocycles. The molecule has 0 aliphatic heterocycles. The molecule has 0 aromatic heterocycles. The largest absolute Gasteiger partial charge is 0.444 e. The first-order chi connectivity index (χ1) is 8.40. The maximum absolute atomic E-state index is 11.6. The van der Waals surface area contributed by atoms with E-state index in [9.17, 15) is 4.79 Å². The lowest BCUT2D eigenvalue weighted by atomic mass is 10.1. The van der Waals surface area contributed by atoms with Crippen LogP contribution in [0.15, 0.2) is 18.2 Å². The van der Waals surface area contributed by atoms with Crippen LogP contribution in [0.4, 0.5) is 10.5 Å². The number of rotatable bonds is 4. The SMILES string of the molecule is CCCCc1c[c]cc(NC(=O)OC(C)(C)C)c1. The molecule has 99 valence electrons. The fourth-order valence-corrected chi connectivity index (χ4v) is 1.54. The number of carbonyl (C=O) groups is 1. The maximum Gasteiger partial charge on any atom is 0.412 e. The zero-order valence-electron chi connectivity index (χ0n) is 11.7. The first kappa shape index (κ1) is 14.6. The van der Waals surface area contributed by atoms with Gasteiger partial charge in [-0.2, -0.15) is 0 Å². The molecule has 0 heterocycles. The molecule has 0 spiro atoms. The Morgan fingerprint density at radius 2 is 2.11 bits per heavy atom. The predicted octanol–water partition coefficient (Wildman–Crippen LogP) is 4.18. The monoisotopic (exact) mass is 248 g/mol. The van der Waals surface area contributed by atoms with Crippen LogP contribution in [0, 0.1) is 6.07 Å². The second kappa shape index (κ2) is 6.43. The highest BCUT2D eigenvalue weighted by molar-refractivity contribution is 5.84. The van der Waals surface area contributed by atoms with Crippen molar-refractivity contribution in [1.29, 1.82) is 0 Å². The van der Waals surface area contributed by atoms with E-state index >= 15 is 0 Å². The third-order valence-corrected chi connectivity index (χ3v) is 2.31. The van der Waals surface area contributed by atoms with E-state index in [0.29, 0.717) is 0 Å². The average Bonchev–Trinajstić information content (AvgIpc) is 2.24. The van der Waals surface area contributed by atoms with E-state index in [1.54, 1.807) is 6.07 Å². The van der Waals surface area contributed by atoms with Crippen molar-refractivity contribution >= 4 is 11.8 Å². The smallest absolute Gasteiger partial charge is 0.412 e. The lowest BCUT2D eigenvalue weighted by molar-refractivity contribution is 0.0636. The van der Waals surface area contributed by atoms with E-state index < -0.39 is 11.7 Å². The molecule has 1 N–H and O–H groups in total. The topological polar surface area (TPSA) is 38.3 Å². The van der Waals surface area contributed by atoms with Gasteiger partial charge in [-0.15, -0.1) is 0 Å². The highest BCUT2D eigenvalue weighted by Crippen LogP contribution is 2.14. The molecule has 0 saturated carbocycles. The van der Waals surface area contributed by atoms with Crippen molar-refractivity contribution in [2.24, 2.45) is 0 Å². The van der Waals surface area contributed by atoms with E-state index in [1.165, 1.54) is 5.56 Å². The van der Waals surface area contributed by atoms with Gasteiger partial charge < -0.3 is 4.74 Å². The fourth-order valence-electron chi connectivity index (χ4n) is 1.54. The minimum absolute atomic E-state index is 0.427. The van der Waals surface area contributed by atoms with Gasteiger partial charge in [0.25, 0.3) is 0 Å². The van der Waals surface area contributed by atoms with Crippen molar-refractivity contribution in [2.45, 2.75) is 52.6 Å². The first-order valence-electron chi connectivity index (χ1n) is 6.41. The Hall–Kier alpha value is -1.51. The van der Waals surface area contributed by atoms with Crippen molar-refractivity contribution in [3.8, 4) is 0 Å². The summed E-state index contributed by atoms with van der Waals surface area (Å²) < 4.78 is 5.20. The second-order valence-corrected chi connectivity index (χ2v) is 5.36. The highest BCUT2D eigenvalue weighted by atomic mass is 16.6. The van der Waals surface area contributed by atoms with Crippen LogP contribution in [0.5, 0.6) is 0 Å². The third-order valence-electron chi connectivity index (χ3n) is 2.31. The van der Waals surface area contributed by atoms with Crippen LogP contribution in [0.2, 0.25) is 0 Å². The number of hydrogen-bond donors (Lipinski definition) is 1. The number of aryl methyl sites for hydroxylation is 1. The quantitative estimate of drug-likeness (QED) is 0.868. The summed E-state index contributed by atoms with van der Waals surface area (Å²) in [4.78, 5) is 11.6. The summed E-state index contributed by atoms with van der Waals surface area (Å²) in [5, 5.41) is 2.72. The number of ether oxygens (including phenoxy) is 1. The highest BCUT2D eigenvalue weighted by Gasteiger charge is 2.16. The second-order valence-electron chi connectivity index (χ2n) is 5.36. The molecule has 18 heavy (non-hydrogen) atoms. The minimum Gasteiger partial charge on any atom is -0.444 e. The first-order valence-corrected chi connectivity index (χ1v) is 6.41. The van der Waals surface area contributed by atoms with E-state index in [4.69, 9.17) is 4.74 Å². The molecule has 0 aliphatic carbocycles. The Labute approximate surface area is 110 Å². The Bertz CT molecular complexity index is 394. The summed E-state index contributed by atoms with van der Waals surface area (Å²) in [6.45, 7) is 7.69. The van der Waals surface area contributed by atoms with Crippen LogP contribution in [-0.2, 0) is 11.2 Å². The molecule has 0 saturated heterocycles. The lowest BCUT2D eigenvalue weighted by Crippen LogP contribution is -2.27. The summed E-state index contributed by atoms with van der Waals surface area (Å²) in [5.41, 5.74) is 1.44. The van der Waals surface area contributed by atoms with Gasteiger partial charge in [0.05, 0.1) is 0 Å². The molecular formula is C15H22NO2. The molecule has 0 bridgehead atoms. The van der Waals surface area contributed by atoms with Crippen molar-refractivity contribution in [3.05, 3.63) is 29.8 Å². The van der Waals surface area contributed by atoms with Crippen molar-refractivity contribution in [2.75, 3.05) is 5.32 Å². The number of hydrogen-bond acceptors (Lipinski definition) is 2. The molecule has 0 atom stereocenters. The molecule has 1 amide bonds. The molecule has 1 radical (unpaired) electrons. The number of unbranched alkanes of at least 4 members (excludes halogenated alkanes) is 1. The molecule has 0 fully saturated rings. The van der Waals surface area contributed by atoms with Crippen LogP contribution >= 0.6 is 0 Å². The minimum atomic E-state index is -0.479. The summed E-state index contributed by atoms with van der Waals surface area (Å²) in [7, 11) is 0. The van der Waals surface area contributed by atoms with Crippen molar-refractivity contribution < 1.29 is 9.53 Å². The summed E-state index contributed by atoms with van der Waals surface area (Å²) in [6, 6.07) is 8.71. The van der Waals surface area contributed by atoms with Crippen LogP contribution < -0.4 is 5.32 Å². The van der Waals surface area contributed by atoms with Gasteiger partial charge in [0.2, 0.25) is 0 Å². The summed E-state index contributed by atoms with van der Waals surface area (Å²) in [6.07, 6.45) is 2.88. The van der Waals surface area contributed by atoms with Crippen molar-refractivity contribution in [1.82, 2.24) is 0 Å². The van der Waals surface area contributed by atoms with Gasteiger partial charge in [-0.05, 0) is 57.4 Å². The van der Waals surface area contributed by atoms with Crippen LogP contribution in [0.3, 0.4) is 0 Å². The normalized spacial score (nSPS) is 11.1. The Morgan fingerprint density at radius 1 is 1.39 bits per heavy atom. The molecule has 1 rings (SSSR count). The van der Waals surface area contributed by atoms with E-state index in [2.05, 4.69) is 18.3 Å². The van der Waals surface area contributed by atoms with E-state index in [-0.39, 0.29) is 0 Å². The predicted molar refractivity (Wildman–Crippen MR) is 73.7 cm³/mol. The average molecular weight is 248 g/mol. The van der Waals surface area contributed by atoms with Gasteiger partial charge in [0.15, 0.2) is 0 Å². The molecule has 3 nitrogen and oxygen atoms in total. The van der Waals surface area contributed by atoms with Crippen LogP contribution in [0.25, 0.3) is 0 Å². The molecule has 0 aliphatic rings. The van der Waals surface area contributed by atoms with Gasteiger partial charge in [-0.1, -0.05) is 19.4 Å². The zero-order chi connectivity index (χ0) is 13.6. The molecule has 3 heteroatoms.